The smallest absolute Gasteiger partial charge is 0.192 e. The van der Waals surface area contributed by atoms with Gasteiger partial charge in [-0.15, -0.1) is 10.2 Å². The molecule has 3 aromatic rings. The normalized spacial score (nSPS) is 17.8. The lowest BCUT2D eigenvalue weighted by atomic mass is 10.1. The number of hydrogen-bond acceptors (Lipinski definition) is 7. The molecule has 27 heavy (non-hydrogen) atoms. The highest BCUT2D eigenvalue weighted by molar-refractivity contribution is 5.83. The van der Waals surface area contributed by atoms with Gasteiger partial charge in [0, 0.05) is 43.2 Å². The van der Waals surface area contributed by atoms with Crippen LogP contribution in [-0.2, 0) is 0 Å². The van der Waals surface area contributed by atoms with Crippen LogP contribution in [0.1, 0.15) is 33.1 Å². The summed E-state index contributed by atoms with van der Waals surface area (Å²) < 4.78 is 5.56. The Morgan fingerprint density at radius 2 is 2.04 bits per heavy atom. The zero-order chi connectivity index (χ0) is 19.2. The number of aromatic nitrogens is 3. The van der Waals surface area contributed by atoms with Crippen LogP contribution in [0.4, 0.5) is 5.82 Å². The molecule has 1 atom stereocenters. The number of phenols is 1. The number of fused-ring (bicyclic) bond motifs is 1. The Balaban J connectivity index is 1.54. The Morgan fingerprint density at radius 3 is 2.74 bits per heavy atom. The fraction of sp³-hybridized carbons (Fsp3) is 0.450. The minimum Gasteiger partial charge on any atom is -0.507 e. The van der Waals surface area contributed by atoms with Gasteiger partial charge in [0.2, 0.25) is 0 Å². The van der Waals surface area contributed by atoms with Crippen LogP contribution in [-0.4, -0.2) is 45.0 Å². The predicted octanol–water partition coefficient (Wildman–Crippen LogP) is 3.27. The molecule has 1 aliphatic rings. The number of rotatable bonds is 3. The third kappa shape index (κ3) is 3.73. The van der Waals surface area contributed by atoms with Crippen molar-refractivity contribution in [1.29, 1.82) is 0 Å². The number of aryl methyl sites for hydroxylation is 1. The molecule has 2 N–H and O–H groups in total. The first-order valence-electron chi connectivity index (χ1n) is 9.25. The minimum atomic E-state index is 0.103. The van der Waals surface area contributed by atoms with Crippen LogP contribution in [0.15, 0.2) is 28.7 Å². The van der Waals surface area contributed by atoms with Crippen molar-refractivity contribution in [2.24, 2.45) is 0 Å². The van der Waals surface area contributed by atoms with Crippen LogP contribution in [0, 0.1) is 6.92 Å². The maximum Gasteiger partial charge on any atom is 0.192 e. The van der Waals surface area contributed by atoms with E-state index in [-0.39, 0.29) is 11.3 Å². The van der Waals surface area contributed by atoms with Gasteiger partial charge in [-0.3, -0.25) is 0 Å². The summed E-state index contributed by atoms with van der Waals surface area (Å²) in [6, 6.07) is 7.65. The van der Waals surface area contributed by atoms with E-state index in [1.165, 1.54) is 0 Å². The molecule has 0 radical (unpaired) electrons. The highest BCUT2D eigenvalue weighted by Crippen LogP contribution is 2.33. The second-order valence-corrected chi connectivity index (χ2v) is 8.17. The number of nitrogens with zero attached hydrogens (tertiary/aromatic N) is 4. The van der Waals surface area contributed by atoms with Crippen molar-refractivity contribution in [3.63, 3.8) is 0 Å². The predicted molar refractivity (Wildman–Crippen MR) is 105 cm³/mol. The van der Waals surface area contributed by atoms with Crippen LogP contribution in [0.3, 0.4) is 0 Å². The maximum absolute atomic E-state index is 10.3. The molecule has 0 aliphatic carbocycles. The van der Waals surface area contributed by atoms with E-state index in [2.05, 4.69) is 46.2 Å². The van der Waals surface area contributed by atoms with Crippen LogP contribution >= 0.6 is 0 Å². The lowest BCUT2D eigenvalue weighted by molar-refractivity contribution is 0.373. The lowest BCUT2D eigenvalue weighted by Crippen LogP contribution is -2.45. The largest absolute Gasteiger partial charge is 0.507 e. The van der Waals surface area contributed by atoms with Gasteiger partial charge in [-0.05, 0) is 45.4 Å². The van der Waals surface area contributed by atoms with Gasteiger partial charge >= 0.3 is 0 Å². The quantitative estimate of drug-likeness (QED) is 0.734. The average Bonchev–Trinajstić information content (AvgIpc) is 3.18. The number of aromatic hydroxyl groups is 1. The van der Waals surface area contributed by atoms with Crippen molar-refractivity contribution in [1.82, 2.24) is 20.5 Å². The van der Waals surface area contributed by atoms with E-state index < -0.39 is 0 Å². The van der Waals surface area contributed by atoms with Gasteiger partial charge in [-0.25, -0.2) is 4.98 Å². The topological polar surface area (TPSA) is 87.3 Å². The van der Waals surface area contributed by atoms with Crippen molar-refractivity contribution in [2.75, 3.05) is 18.0 Å². The van der Waals surface area contributed by atoms with Gasteiger partial charge in [0.25, 0.3) is 0 Å². The molecule has 3 heterocycles. The first-order chi connectivity index (χ1) is 12.8. The monoisotopic (exact) mass is 367 g/mol. The minimum absolute atomic E-state index is 0.103. The number of anilines is 1. The zero-order valence-corrected chi connectivity index (χ0v) is 16.2. The van der Waals surface area contributed by atoms with Crippen molar-refractivity contribution < 1.29 is 9.52 Å². The second kappa shape index (κ2) is 6.49. The Labute approximate surface area is 158 Å². The molecule has 2 aromatic heterocycles. The molecular weight excluding hydrogens is 342 g/mol. The molecule has 0 spiro atoms. The summed E-state index contributed by atoms with van der Waals surface area (Å²) in [5.41, 5.74) is 2.56. The fourth-order valence-electron chi connectivity index (χ4n) is 3.62. The van der Waals surface area contributed by atoms with Crippen molar-refractivity contribution >= 4 is 16.9 Å². The second-order valence-electron chi connectivity index (χ2n) is 8.17. The first-order valence-corrected chi connectivity index (χ1v) is 9.25. The highest BCUT2D eigenvalue weighted by Gasteiger charge is 2.26. The molecule has 1 saturated heterocycles. The zero-order valence-electron chi connectivity index (χ0n) is 16.2. The summed E-state index contributed by atoms with van der Waals surface area (Å²) in [5.74, 6) is 1.54. The van der Waals surface area contributed by atoms with E-state index in [9.17, 15) is 5.11 Å². The summed E-state index contributed by atoms with van der Waals surface area (Å²) >= 11 is 0. The lowest BCUT2D eigenvalue weighted by Gasteiger charge is -2.26. The van der Waals surface area contributed by atoms with Crippen LogP contribution in [0.25, 0.3) is 22.4 Å². The summed E-state index contributed by atoms with van der Waals surface area (Å²) in [6.45, 7) is 10.2. The Kier molecular flexibility index (Phi) is 4.26. The van der Waals surface area contributed by atoms with Crippen LogP contribution in [0.5, 0.6) is 5.75 Å². The van der Waals surface area contributed by atoms with E-state index in [1.54, 1.807) is 19.1 Å². The van der Waals surface area contributed by atoms with E-state index in [1.807, 2.05) is 12.1 Å². The molecule has 142 valence electrons. The molecule has 0 saturated carbocycles. The number of nitrogens with one attached hydrogen (secondary N) is 1. The van der Waals surface area contributed by atoms with Gasteiger partial charge in [0.15, 0.2) is 17.3 Å². The third-order valence-electron chi connectivity index (χ3n) is 4.69. The molecule has 1 unspecified atom stereocenters. The standard InChI is InChI=1S/C20H25N5O2/c1-12-21-16-10-17(26)14(9-18(16)27-12)15-5-6-19(24-23-15)25-8-7-13(11-25)22-20(2,3)4/h5-6,9-10,13,22,26H,7-8,11H2,1-4H3. The van der Waals surface area contributed by atoms with Crippen molar-refractivity contribution in [2.45, 2.75) is 45.7 Å². The molecular formula is C20H25N5O2. The van der Waals surface area contributed by atoms with E-state index >= 15 is 0 Å². The fourth-order valence-corrected chi connectivity index (χ4v) is 3.62. The van der Waals surface area contributed by atoms with E-state index in [0.29, 0.717) is 34.3 Å². The van der Waals surface area contributed by atoms with E-state index in [0.717, 1.165) is 25.3 Å². The van der Waals surface area contributed by atoms with Crippen LogP contribution < -0.4 is 10.2 Å². The van der Waals surface area contributed by atoms with E-state index in [4.69, 9.17) is 4.42 Å². The van der Waals surface area contributed by atoms with Gasteiger partial charge in [0.05, 0.1) is 5.69 Å². The van der Waals surface area contributed by atoms with Crippen LogP contribution in [0.2, 0.25) is 0 Å². The number of oxazole rings is 1. The molecule has 1 aliphatic heterocycles. The average molecular weight is 367 g/mol. The summed E-state index contributed by atoms with van der Waals surface area (Å²) in [7, 11) is 0. The molecule has 0 amide bonds. The molecule has 4 rings (SSSR count). The SMILES string of the molecule is Cc1nc2cc(O)c(-c3ccc(N4CCC(NC(C)(C)C)C4)nn3)cc2o1. The third-order valence-corrected chi connectivity index (χ3v) is 4.69. The molecule has 1 fully saturated rings. The molecule has 0 bridgehead atoms. The maximum atomic E-state index is 10.3. The van der Waals surface area contributed by atoms with Crippen molar-refractivity contribution in [3.8, 4) is 17.0 Å². The van der Waals surface area contributed by atoms with Gasteiger partial charge < -0.3 is 19.7 Å². The number of hydrogen-bond donors (Lipinski definition) is 2. The summed E-state index contributed by atoms with van der Waals surface area (Å²) in [4.78, 5) is 6.47. The number of benzene rings is 1. The van der Waals surface area contributed by atoms with Gasteiger partial charge in [-0.2, -0.15) is 0 Å². The summed E-state index contributed by atoms with van der Waals surface area (Å²) in [5, 5.41) is 22.7. The Morgan fingerprint density at radius 1 is 1.22 bits per heavy atom. The highest BCUT2D eigenvalue weighted by atomic mass is 16.3. The van der Waals surface area contributed by atoms with Crippen molar-refractivity contribution in [3.05, 3.63) is 30.2 Å². The Hall–Kier alpha value is -2.67. The number of phenolic OH excluding ortho intramolecular Hbond substituents is 1. The molecule has 7 heteroatoms. The Bertz CT molecular complexity index is 959. The molecule has 7 nitrogen and oxygen atoms in total. The first kappa shape index (κ1) is 17.7. The summed E-state index contributed by atoms with van der Waals surface area (Å²) in [6.07, 6.45) is 1.09. The molecule has 1 aromatic carbocycles. The van der Waals surface area contributed by atoms with Gasteiger partial charge in [0.1, 0.15) is 11.3 Å². The van der Waals surface area contributed by atoms with Gasteiger partial charge in [-0.1, -0.05) is 0 Å².